The van der Waals surface area contributed by atoms with E-state index in [-0.39, 0.29) is 29.5 Å². The number of sulfone groups is 1. The third-order valence-corrected chi connectivity index (χ3v) is 4.18. The van der Waals surface area contributed by atoms with E-state index in [1.165, 1.54) is 10.7 Å². The summed E-state index contributed by atoms with van der Waals surface area (Å²) in [4.78, 5) is 11.5. The van der Waals surface area contributed by atoms with Crippen LogP contribution in [0.25, 0.3) is 0 Å². The van der Waals surface area contributed by atoms with Gasteiger partial charge in [-0.3, -0.25) is 14.6 Å². The van der Waals surface area contributed by atoms with E-state index in [9.17, 15) is 13.2 Å². The molecule has 16 heavy (non-hydrogen) atoms. The van der Waals surface area contributed by atoms with E-state index in [1.54, 1.807) is 6.92 Å². The van der Waals surface area contributed by atoms with Crippen molar-refractivity contribution in [3.8, 4) is 0 Å². The van der Waals surface area contributed by atoms with Gasteiger partial charge in [0.05, 0.1) is 12.3 Å². The lowest BCUT2D eigenvalue weighted by Crippen LogP contribution is -2.22. The molecule has 1 heterocycles. The highest BCUT2D eigenvalue weighted by atomic mass is 32.2. The van der Waals surface area contributed by atoms with Crippen LogP contribution in [0.1, 0.15) is 32.4 Å². The Labute approximate surface area is 95.4 Å². The van der Waals surface area contributed by atoms with Crippen LogP contribution in [0.3, 0.4) is 0 Å². The van der Waals surface area contributed by atoms with Crippen LogP contribution in [0, 0.1) is 0 Å². The largest absolute Gasteiger partial charge is 0.299 e. The first-order valence-corrected chi connectivity index (χ1v) is 7.18. The van der Waals surface area contributed by atoms with Crippen LogP contribution in [0.5, 0.6) is 0 Å². The molecule has 0 aliphatic rings. The van der Waals surface area contributed by atoms with Crippen molar-refractivity contribution in [2.45, 2.75) is 33.2 Å². The summed E-state index contributed by atoms with van der Waals surface area (Å²) in [5.41, 5.74) is 0.661. The number of aryl methyl sites for hydroxylation is 1. The average molecular weight is 246 g/mol. The van der Waals surface area contributed by atoms with Gasteiger partial charge in [0.1, 0.15) is 0 Å². The second kappa shape index (κ2) is 4.86. The Bertz CT molecular complexity index is 496. The van der Waals surface area contributed by atoms with Crippen molar-refractivity contribution in [2.75, 3.05) is 11.5 Å². The molecule has 1 rings (SSSR count). The topological polar surface area (TPSA) is 71.9 Å². The van der Waals surface area contributed by atoms with Gasteiger partial charge in [-0.25, -0.2) is 8.42 Å². The highest BCUT2D eigenvalue weighted by molar-refractivity contribution is 7.91. The maximum absolute atomic E-state index is 11.5. The monoisotopic (exact) mass is 246 g/mol. The first-order valence-electron chi connectivity index (χ1n) is 5.36. The maximum Gasteiger partial charge on any atom is 0.266 e. The van der Waals surface area contributed by atoms with Crippen LogP contribution in [0.2, 0.25) is 0 Å². The Hall–Kier alpha value is -1.04. The zero-order valence-corrected chi connectivity index (χ0v) is 10.7. The van der Waals surface area contributed by atoms with E-state index >= 15 is 0 Å². The highest BCUT2D eigenvalue weighted by Gasteiger charge is 2.10. The lowest BCUT2D eigenvalue weighted by Gasteiger charge is -2.03. The minimum atomic E-state index is -3.03. The van der Waals surface area contributed by atoms with Crippen LogP contribution < -0.4 is 5.56 Å². The number of nitrogens with zero attached hydrogens (tertiary/aromatic N) is 1. The molecule has 1 N–H and O–H groups in total. The lowest BCUT2D eigenvalue weighted by atomic mass is 10.1. The van der Waals surface area contributed by atoms with E-state index in [0.29, 0.717) is 0 Å². The zero-order chi connectivity index (χ0) is 12.3. The highest BCUT2D eigenvalue weighted by Crippen LogP contribution is 2.07. The van der Waals surface area contributed by atoms with Gasteiger partial charge in [-0.05, 0) is 5.92 Å². The number of aromatic nitrogens is 2. The fourth-order valence-electron chi connectivity index (χ4n) is 1.29. The smallest absolute Gasteiger partial charge is 0.266 e. The summed E-state index contributed by atoms with van der Waals surface area (Å²) in [7, 11) is -3.03. The summed E-state index contributed by atoms with van der Waals surface area (Å²) in [6.07, 6.45) is 0. The summed E-state index contributed by atoms with van der Waals surface area (Å²) < 4.78 is 23.9. The third-order valence-electron chi connectivity index (χ3n) is 2.50. The first kappa shape index (κ1) is 13.0. The molecule has 6 heteroatoms. The zero-order valence-electron chi connectivity index (χ0n) is 9.86. The standard InChI is InChI=1S/C10H18N2O3S/c1-4-16(14,15)6-5-12-10(13)7-9(11-12)8(2)3/h7-8,11H,4-6H2,1-3H3. The quantitative estimate of drug-likeness (QED) is 0.832. The molecule has 1 aromatic heterocycles. The molecule has 0 aliphatic carbocycles. The molecule has 0 saturated heterocycles. The molecular formula is C10H18N2O3S. The lowest BCUT2D eigenvalue weighted by molar-refractivity contribution is 0.574. The summed E-state index contributed by atoms with van der Waals surface area (Å²) in [6.45, 7) is 5.74. The van der Waals surface area contributed by atoms with Gasteiger partial charge < -0.3 is 0 Å². The van der Waals surface area contributed by atoms with Crippen LogP contribution in [0.4, 0.5) is 0 Å². The molecule has 5 nitrogen and oxygen atoms in total. The SMILES string of the molecule is CCS(=O)(=O)CCn1[nH]c(C(C)C)cc1=O. The van der Waals surface area contributed by atoms with E-state index in [0.717, 1.165) is 5.69 Å². The van der Waals surface area contributed by atoms with Crippen molar-refractivity contribution in [2.24, 2.45) is 0 Å². The van der Waals surface area contributed by atoms with Crippen LogP contribution in [0.15, 0.2) is 10.9 Å². The van der Waals surface area contributed by atoms with Crippen LogP contribution in [-0.4, -0.2) is 29.7 Å². The van der Waals surface area contributed by atoms with Crippen molar-refractivity contribution in [1.29, 1.82) is 0 Å². The summed E-state index contributed by atoms with van der Waals surface area (Å²) in [5, 5.41) is 2.92. The predicted molar refractivity (Wildman–Crippen MR) is 63.5 cm³/mol. The minimum absolute atomic E-state index is 0.00144. The Morgan fingerprint density at radius 1 is 1.44 bits per heavy atom. The van der Waals surface area contributed by atoms with Gasteiger partial charge in [-0.2, -0.15) is 0 Å². The van der Waals surface area contributed by atoms with E-state index in [4.69, 9.17) is 0 Å². The summed E-state index contributed by atoms with van der Waals surface area (Å²) in [5.74, 6) is 0.345. The van der Waals surface area contributed by atoms with Gasteiger partial charge in [-0.15, -0.1) is 0 Å². The van der Waals surface area contributed by atoms with Crippen molar-refractivity contribution < 1.29 is 8.42 Å². The van der Waals surface area contributed by atoms with Gasteiger partial charge in [0.15, 0.2) is 9.84 Å². The second-order valence-electron chi connectivity index (χ2n) is 4.09. The number of hydrogen-bond donors (Lipinski definition) is 1. The molecule has 0 unspecified atom stereocenters. The molecule has 0 bridgehead atoms. The summed E-state index contributed by atoms with van der Waals surface area (Å²) >= 11 is 0. The Morgan fingerprint density at radius 3 is 2.50 bits per heavy atom. The maximum atomic E-state index is 11.5. The first-order chi connectivity index (χ1) is 7.35. The fourth-order valence-corrected chi connectivity index (χ4v) is 2.04. The number of hydrogen-bond acceptors (Lipinski definition) is 3. The van der Waals surface area contributed by atoms with Gasteiger partial charge in [-0.1, -0.05) is 20.8 Å². The predicted octanol–water partition coefficient (Wildman–Crippen LogP) is 0.734. The Kier molecular flexibility index (Phi) is 3.96. The molecule has 0 aliphatic heterocycles. The number of rotatable bonds is 5. The number of H-pyrrole nitrogens is 1. The van der Waals surface area contributed by atoms with Gasteiger partial charge >= 0.3 is 0 Å². The van der Waals surface area contributed by atoms with Crippen molar-refractivity contribution in [1.82, 2.24) is 9.78 Å². The van der Waals surface area contributed by atoms with E-state index in [1.807, 2.05) is 13.8 Å². The van der Waals surface area contributed by atoms with Crippen LogP contribution in [-0.2, 0) is 16.4 Å². The molecule has 0 atom stereocenters. The average Bonchev–Trinajstić information content (AvgIpc) is 2.57. The summed E-state index contributed by atoms with van der Waals surface area (Å²) in [6, 6.07) is 1.52. The molecule has 1 aromatic rings. The van der Waals surface area contributed by atoms with Crippen molar-refractivity contribution in [3.63, 3.8) is 0 Å². The normalized spacial score (nSPS) is 12.2. The molecule has 0 spiro atoms. The number of aromatic amines is 1. The van der Waals surface area contributed by atoms with Gasteiger partial charge in [0, 0.05) is 17.5 Å². The van der Waals surface area contributed by atoms with Crippen molar-refractivity contribution in [3.05, 3.63) is 22.1 Å². The molecule has 0 saturated carbocycles. The van der Waals surface area contributed by atoms with Gasteiger partial charge in [0.25, 0.3) is 5.56 Å². The van der Waals surface area contributed by atoms with Crippen LogP contribution >= 0.6 is 0 Å². The molecular weight excluding hydrogens is 228 g/mol. The minimum Gasteiger partial charge on any atom is -0.299 e. The van der Waals surface area contributed by atoms with Crippen molar-refractivity contribution >= 4 is 9.84 Å². The third kappa shape index (κ3) is 3.23. The number of nitrogens with one attached hydrogen (secondary N) is 1. The molecule has 0 radical (unpaired) electrons. The second-order valence-corrected chi connectivity index (χ2v) is 6.57. The molecule has 0 amide bonds. The van der Waals surface area contributed by atoms with E-state index in [2.05, 4.69) is 5.10 Å². The molecule has 0 aromatic carbocycles. The van der Waals surface area contributed by atoms with E-state index < -0.39 is 9.84 Å². The Morgan fingerprint density at radius 2 is 2.06 bits per heavy atom. The Balaban J connectivity index is 2.79. The molecule has 0 fully saturated rings. The molecule has 92 valence electrons. The fraction of sp³-hybridized carbons (Fsp3) is 0.700. The van der Waals surface area contributed by atoms with Gasteiger partial charge in [0.2, 0.25) is 0 Å².